The Kier molecular flexibility index (Phi) is 4.40. The zero-order valence-corrected chi connectivity index (χ0v) is 12.2. The van der Waals surface area contributed by atoms with Crippen LogP contribution in [-0.4, -0.2) is 25.1 Å². The molecule has 1 aliphatic heterocycles. The predicted molar refractivity (Wildman–Crippen MR) is 73.2 cm³/mol. The van der Waals surface area contributed by atoms with E-state index >= 15 is 0 Å². The molecule has 0 aliphatic carbocycles. The second-order valence-electron chi connectivity index (χ2n) is 4.41. The molecular formula is C14H17BrO3. The van der Waals surface area contributed by atoms with Gasteiger partial charge in [0.1, 0.15) is 5.75 Å². The summed E-state index contributed by atoms with van der Waals surface area (Å²) in [6, 6.07) is 5.50. The molecule has 1 aromatic rings. The Morgan fingerprint density at radius 1 is 1.56 bits per heavy atom. The predicted octanol–water partition coefficient (Wildman–Crippen LogP) is 3.46. The number of Topliss-reactive ketones (excluding diaryl/α,β-unsaturated/α-hetero) is 1. The van der Waals surface area contributed by atoms with E-state index in [0.29, 0.717) is 18.8 Å². The number of carbonyl (C=O) groups is 1. The normalized spacial score (nSPS) is 23.1. The van der Waals surface area contributed by atoms with E-state index in [9.17, 15) is 4.79 Å². The van der Waals surface area contributed by atoms with Gasteiger partial charge in [-0.1, -0.05) is 0 Å². The van der Waals surface area contributed by atoms with Gasteiger partial charge in [-0.15, -0.1) is 0 Å². The highest BCUT2D eigenvalue weighted by molar-refractivity contribution is 9.10. The number of ether oxygens (including phenoxy) is 2. The Hall–Kier alpha value is -0.870. The van der Waals surface area contributed by atoms with Gasteiger partial charge in [0.15, 0.2) is 5.78 Å². The standard InChI is InChI=1S/C14H17BrO3/c1-3-17-10-4-5-12(13(15)8-10)14(16)11-6-7-18-9(11)2/h4-5,8-9,11H,3,6-7H2,1-2H3. The maximum absolute atomic E-state index is 12.4. The first-order valence-corrected chi connectivity index (χ1v) is 7.01. The number of benzene rings is 1. The fourth-order valence-corrected chi connectivity index (χ4v) is 2.78. The second-order valence-corrected chi connectivity index (χ2v) is 5.26. The van der Waals surface area contributed by atoms with Crippen molar-refractivity contribution in [1.82, 2.24) is 0 Å². The van der Waals surface area contributed by atoms with Gasteiger partial charge in [0.25, 0.3) is 0 Å². The van der Waals surface area contributed by atoms with Crippen LogP contribution in [0.4, 0.5) is 0 Å². The Balaban J connectivity index is 2.20. The van der Waals surface area contributed by atoms with Crippen molar-refractivity contribution < 1.29 is 14.3 Å². The van der Waals surface area contributed by atoms with E-state index < -0.39 is 0 Å². The summed E-state index contributed by atoms with van der Waals surface area (Å²) in [4.78, 5) is 12.4. The van der Waals surface area contributed by atoms with Crippen LogP contribution in [0.15, 0.2) is 22.7 Å². The summed E-state index contributed by atoms with van der Waals surface area (Å²) in [5.74, 6) is 0.894. The molecule has 2 unspecified atom stereocenters. The van der Waals surface area contributed by atoms with E-state index in [1.54, 1.807) is 0 Å². The number of hydrogen-bond acceptors (Lipinski definition) is 3. The van der Waals surface area contributed by atoms with Crippen molar-refractivity contribution in [3.05, 3.63) is 28.2 Å². The van der Waals surface area contributed by atoms with Gasteiger partial charge in [0.05, 0.1) is 18.6 Å². The molecular weight excluding hydrogens is 296 g/mol. The molecule has 0 spiro atoms. The third kappa shape index (κ3) is 2.75. The van der Waals surface area contributed by atoms with Crippen molar-refractivity contribution in [2.24, 2.45) is 5.92 Å². The van der Waals surface area contributed by atoms with Crippen molar-refractivity contribution in [2.45, 2.75) is 26.4 Å². The Labute approximate surface area is 116 Å². The number of halogens is 1. The molecule has 3 nitrogen and oxygen atoms in total. The van der Waals surface area contributed by atoms with Crippen molar-refractivity contribution in [2.75, 3.05) is 13.2 Å². The van der Waals surface area contributed by atoms with Crippen LogP contribution >= 0.6 is 15.9 Å². The quantitative estimate of drug-likeness (QED) is 0.799. The van der Waals surface area contributed by atoms with Gasteiger partial charge in [-0.25, -0.2) is 0 Å². The highest BCUT2D eigenvalue weighted by atomic mass is 79.9. The van der Waals surface area contributed by atoms with Crippen LogP contribution in [0.25, 0.3) is 0 Å². The largest absolute Gasteiger partial charge is 0.494 e. The number of rotatable bonds is 4. The first-order valence-electron chi connectivity index (χ1n) is 6.21. The van der Waals surface area contributed by atoms with Crippen LogP contribution in [0.3, 0.4) is 0 Å². The molecule has 0 amide bonds. The van der Waals surface area contributed by atoms with Gasteiger partial charge in [0.2, 0.25) is 0 Å². The smallest absolute Gasteiger partial charge is 0.169 e. The third-order valence-corrected chi connectivity index (χ3v) is 3.89. The summed E-state index contributed by atoms with van der Waals surface area (Å²) in [6.07, 6.45) is 0.815. The molecule has 1 fully saturated rings. The van der Waals surface area contributed by atoms with Gasteiger partial charge >= 0.3 is 0 Å². The van der Waals surface area contributed by atoms with Gasteiger partial charge in [-0.3, -0.25) is 4.79 Å². The first kappa shape index (κ1) is 13.6. The van der Waals surface area contributed by atoms with Crippen molar-refractivity contribution >= 4 is 21.7 Å². The summed E-state index contributed by atoms with van der Waals surface area (Å²) >= 11 is 3.44. The fourth-order valence-electron chi connectivity index (χ4n) is 2.23. The molecule has 1 aliphatic rings. The van der Waals surface area contributed by atoms with Crippen molar-refractivity contribution in [3.8, 4) is 5.75 Å². The van der Waals surface area contributed by atoms with Crippen LogP contribution in [0.2, 0.25) is 0 Å². The molecule has 1 heterocycles. The van der Waals surface area contributed by atoms with Crippen LogP contribution in [0, 0.1) is 5.92 Å². The summed E-state index contributed by atoms with van der Waals surface area (Å²) in [6.45, 7) is 5.18. The van der Waals surface area contributed by atoms with Crippen LogP contribution in [0.5, 0.6) is 5.75 Å². The second kappa shape index (κ2) is 5.85. The van der Waals surface area contributed by atoms with E-state index in [4.69, 9.17) is 9.47 Å². The molecule has 0 N–H and O–H groups in total. The summed E-state index contributed by atoms with van der Waals surface area (Å²) < 4.78 is 11.6. The third-order valence-electron chi connectivity index (χ3n) is 3.23. The van der Waals surface area contributed by atoms with E-state index in [2.05, 4.69) is 15.9 Å². The summed E-state index contributed by atoms with van der Waals surface area (Å²) in [5, 5.41) is 0. The minimum absolute atomic E-state index is 0.0102. The molecule has 0 bridgehead atoms. The highest BCUT2D eigenvalue weighted by Crippen LogP contribution is 2.30. The van der Waals surface area contributed by atoms with E-state index in [1.807, 2.05) is 32.0 Å². The number of ketones is 1. The Morgan fingerprint density at radius 2 is 2.33 bits per heavy atom. The maximum Gasteiger partial charge on any atom is 0.169 e. The van der Waals surface area contributed by atoms with Gasteiger partial charge in [-0.2, -0.15) is 0 Å². The molecule has 98 valence electrons. The monoisotopic (exact) mass is 312 g/mol. The minimum atomic E-state index is -0.0285. The average molecular weight is 313 g/mol. The summed E-state index contributed by atoms with van der Waals surface area (Å²) in [5.41, 5.74) is 0.709. The van der Waals surface area contributed by atoms with E-state index in [-0.39, 0.29) is 17.8 Å². The highest BCUT2D eigenvalue weighted by Gasteiger charge is 2.32. The van der Waals surface area contributed by atoms with Crippen LogP contribution in [-0.2, 0) is 4.74 Å². The maximum atomic E-state index is 12.4. The molecule has 18 heavy (non-hydrogen) atoms. The molecule has 0 aromatic heterocycles. The molecule has 1 saturated heterocycles. The molecule has 4 heteroatoms. The van der Waals surface area contributed by atoms with Gasteiger partial charge < -0.3 is 9.47 Å². The lowest BCUT2D eigenvalue weighted by Crippen LogP contribution is -2.22. The molecule has 0 radical (unpaired) electrons. The molecule has 2 rings (SSSR count). The van der Waals surface area contributed by atoms with Crippen LogP contribution in [0.1, 0.15) is 30.6 Å². The zero-order chi connectivity index (χ0) is 13.1. The lowest BCUT2D eigenvalue weighted by Gasteiger charge is -2.14. The fraction of sp³-hybridized carbons (Fsp3) is 0.500. The van der Waals surface area contributed by atoms with Gasteiger partial charge in [-0.05, 0) is 54.4 Å². The Bertz CT molecular complexity index is 445. The topological polar surface area (TPSA) is 35.5 Å². The van der Waals surface area contributed by atoms with Crippen LogP contribution < -0.4 is 4.74 Å². The lowest BCUT2D eigenvalue weighted by atomic mass is 9.92. The van der Waals surface area contributed by atoms with E-state index in [0.717, 1.165) is 16.6 Å². The lowest BCUT2D eigenvalue weighted by molar-refractivity contribution is 0.0763. The van der Waals surface area contributed by atoms with Crippen molar-refractivity contribution in [3.63, 3.8) is 0 Å². The van der Waals surface area contributed by atoms with E-state index in [1.165, 1.54) is 0 Å². The van der Waals surface area contributed by atoms with Gasteiger partial charge in [0, 0.05) is 16.6 Å². The number of hydrogen-bond donors (Lipinski definition) is 0. The Morgan fingerprint density at radius 3 is 2.89 bits per heavy atom. The molecule has 2 atom stereocenters. The first-order chi connectivity index (χ1) is 8.63. The summed E-state index contributed by atoms with van der Waals surface area (Å²) in [7, 11) is 0. The number of carbonyl (C=O) groups excluding carboxylic acids is 1. The minimum Gasteiger partial charge on any atom is -0.494 e. The zero-order valence-electron chi connectivity index (χ0n) is 10.6. The molecule has 0 saturated carbocycles. The molecule has 1 aromatic carbocycles. The van der Waals surface area contributed by atoms with Crippen molar-refractivity contribution in [1.29, 1.82) is 0 Å². The average Bonchev–Trinajstić information content (AvgIpc) is 2.75. The SMILES string of the molecule is CCOc1ccc(C(=O)C2CCOC2C)c(Br)c1.